The van der Waals surface area contributed by atoms with Gasteiger partial charge in [-0.1, -0.05) is 26.7 Å². The van der Waals surface area contributed by atoms with Gasteiger partial charge < -0.3 is 15.4 Å². The lowest BCUT2D eigenvalue weighted by molar-refractivity contribution is -0.149. The Morgan fingerprint density at radius 2 is 1.70 bits per heavy atom. The molecule has 0 amide bonds. The lowest BCUT2D eigenvalue weighted by Gasteiger charge is -2.34. The molecule has 0 spiro atoms. The molecule has 0 aliphatic carbocycles. The van der Waals surface area contributed by atoms with Gasteiger partial charge in [0.15, 0.2) is 0 Å². The first kappa shape index (κ1) is 19.4. The first-order chi connectivity index (χ1) is 9.38. The van der Waals surface area contributed by atoms with E-state index in [0.717, 1.165) is 13.1 Å². The first-order valence-electron chi connectivity index (χ1n) is 8.09. The molecule has 0 aliphatic rings. The minimum Gasteiger partial charge on any atom is -0.465 e. The number of esters is 1. The Morgan fingerprint density at radius 3 is 2.10 bits per heavy atom. The summed E-state index contributed by atoms with van der Waals surface area (Å²) in [5.41, 5.74) is 5.24. The molecule has 20 heavy (non-hydrogen) atoms. The highest BCUT2D eigenvalue weighted by Gasteiger charge is 2.33. The van der Waals surface area contributed by atoms with E-state index in [-0.39, 0.29) is 5.97 Å². The van der Waals surface area contributed by atoms with Gasteiger partial charge in [0.2, 0.25) is 0 Å². The molecule has 0 aromatic heterocycles. The van der Waals surface area contributed by atoms with Crippen LogP contribution in [0.25, 0.3) is 0 Å². The van der Waals surface area contributed by atoms with Crippen LogP contribution in [-0.4, -0.2) is 42.1 Å². The smallest absolute Gasteiger partial charge is 0.325 e. The van der Waals surface area contributed by atoms with E-state index in [1.165, 1.54) is 25.7 Å². The Bertz CT molecular complexity index is 259. The summed E-state index contributed by atoms with van der Waals surface area (Å²) in [5.74, 6) is -0.294. The van der Waals surface area contributed by atoms with Crippen molar-refractivity contribution >= 4 is 5.97 Å². The molecule has 0 fully saturated rings. The van der Waals surface area contributed by atoms with Crippen molar-refractivity contribution in [2.75, 3.05) is 19.7 Å². The van der Waals surface area contributed by atoms with Gasteiger partial charge in [-0.15, -0.1) is 0 Å². The zero-order chi connectivity index (χ0) is 15.6. The highest BCUT2D eigenvalue weighted by molar-refractivity contribution is 5.80. The highest BCUT2D eigenvalue weighted by Crippen LogP contribution is 2.17. The zero-order valence-corrected chi connectivity index (χ0v) is 14.1. The Kier molecular flexibility index (Phi) is 9.86. The van der Waals surface area contributed by atoms with E-state index in [9.17, 15) is 4.79 Å². The fourth-order valence-corrected chi connectivity index (χ4v) is 2.40. The van der Waals surface area contributed by atoms with Gasteiger partial charge in [0.1, 0.15) is 5.54 Å². The van der Waals surface area contributed by atoms with Gasteiger partial charge in [-0.25, -0.2) is 0 Å². The van der Waals surface area contributed by atoms with Crippen LogP contribution < -0.4 is 5.73 Å². The fraction of sp³-hybridized carbons (Fsp3) is 0.938. The number of carbonyl (C=O) groups excluding carboxylic acids is 1. The summed E-state index contributed by atoms with van der Waals surface area (Å²) in [7, 11) is 0. The van der Waals surface area contributed by atoms with Crippen molar-refractivity contribution < 1.29 is 9.53 Å². The van der Waals surface area contributed by atoms with Crippen LogP contribution in [0.1, 0.15) is 66.7 Å². The Morgan fingerprint density at radius 1 is 1.20 bits per heavy atom. The molecule has 2 atom stereocenters. The Balaban J connectivity index is 4.54. The molecule has 0 aliphatic heterocycles. The number of unbranched alkanes of at least 4 members (excludes halogenated alkanes) is 2. The molecule has 0 bridgehead atoms. The van der Waals surface area contributed by atoms with Gasteiger partial charge in [-0.3, -0.25) is 4.79 Å². The van der Waals surface area contributed by atoms with Crippen LogP contribution in [0, 0.1) is 0 Å². The summed E-state index contributed by atoms with van der Waals surface area (Å²) in [6.07, 6.45) is 5.39. The minimum absolute atomic E-state index is 0.294. The summed E-state index contributed by atoms with van der Waals surface area (Å²) in [4.78, 5) is 14.3. The van der Waals surface area contributed by atoms with Crippen LogP contribution in [0.2, 0.25) is 0 Å². The molecule has 120 valence electrons. The predicted molar refractivity (Wildman–Crippen MR) is 84.7 cm³/mol. The van der Waals surface area contributed by atoms with Crippen LogP contribution in [0.3, 0.4) is 0 Å². The maximum atomic E-state index is 11.9. The summed E-state index contributed by atoms with van der Waals surface area (Å²) >= 11 is 0. The van der Waals surface area contributed by atoms with E-state index in [1.807, 2.05) is 6.92 Å². The number of nitrogens with zero attached hydrogens (tertiary/aromatic N) is 1. The van der Waals surface area contributed by atoms with Crippen molar-refractivity contribution in [3.63, 3.8) is 0 Å². The summed E-state index contributed by atoms with van der Waals surface area (Å²) in [5, 5.41) is 0. The number of hydrogen-bond acceptors (Lipinski definition) is 4. The Hall–Kier alpha value is -0.610. The third-order valence-electron chi connectivity index (χ3n) is 3.68. The second-order valence-electron chi connectivity index (χ2n) is 5.93. The summed E-state index contributed by atoms with van der Waals surface area (Å²) in [6.45, 7) is 12.7. The second kappa shape index (κ2) is 10.2. The molecular formula is C16H34N2O2. The second-order valence-corrected chi connectivity index (χ2v) is 5.93. The monoisotopic (exact) mass is 286 g/mol. The quantitative estimate of drug-likeness (QED) is 0.593. The molecular weight excluding hydrogens is 252 g/mol. The van der Waals surface area contributed by atoms with Gasteiger partial charge >= 0.3 is 5.97 Å². The fourth-order valence-electron chi connectivity index (χ4n) is 2.40. The van der Waals surface area contributed by atoms with Crippen LogP contribution in [-0.2, 0) is 9.53 Å². The SMILES string of the molecule is CCCCN(CCCC)C(C)CC(C)(N)C(=O)OCC. The molecule has 2 unspecified atom stereocenters. The van der Waals surface area contributed by atoms with Crippen LogP contribution >= 0.6 is 0 Å². The molecule has 0 saturated carbocycles. The molecule has 0 aromatic rings. The van der Waals surface area contributed by atoms with Crippen LogP contribution in [0.5, 0.6) is 0 Å². The van der Waals surface area contributed by atoms with E-state index in [4.69, 9.17) is 10.5 Å². The molecule has 0 saturated heterocycles. The van der Waals surface area contributed by atoms with E-state index >= 15 is 0 Å². The van der Waals surface area contributed by atoms with Crippen LogP contribution in [0.4, 0.5) is 0 Å². The van der Waals surface area contributed by atoms with Gasteiger partial charge in [-0.2, -0.15) is 0 Å². The lowest BCUT2D eigenvalue weighted by Crippen LogP contribution is -2.51. The molecule has 0 heterocycles. The molecule has 0 aromatic carbocycles. The third-order valence-corrected chi connectivity index (χ3v) is 3.68. The van der Waals surface area contributed by atoms with Crippen molar-refractivity contribution in [2.45, 2.75) is 78.3 Å². The van der Waals surface area contributed by atoms with E-state index in [1.54, 1.807) is 6.92 Å². The van der Waals surface area contributed by atoms with E-state index < -0.39 is 5.54 Å². The van der Waals surface area contributed by atoms with Gasteiger partial charge in [0.05, 0.1) is 6.61 Å². The first-order valence-corrected chi connectivity index (χ1v) is 8.09. The van der Waals surface area contributed by atoms with Gasteiger partial charge in [0, 0.05) is 6.04 Å². The molecule has 4 heteroatoms. The maximum Gasteiger partial charge on any atom is 0.325 e. The zero-order valence-electron chi connectivity index (χ0n) is 14.1. The minimum atomic E-state index is -0.897. The third kappa shape index (κ3) is 7.25. The predicted octanol–water partition coefficient (Wildman–Crippen LogP) is 2.95. The number of hydrogen-bond donors (Lipinski definition) is 1. The molecule has 4 nitrogen and oxygen atoms in total. The topological polar surface area (TPSA) is 55.6 Å². The number of rotatable bonds is 11. The highest BCUT2D eigenvalue weighted by atomic mass is 16.5. The molecule has 2 N–H and O–H groups in total. The average Bonchev–Trinajstić information content (AvgIpc) is 2.38. The standard InChI is InChI=1S/C16H34N2O2/c1-6-9-11-18(12-10-7-2)14(4)13-16(5,17)15(19)20-8-3/h14H,6-13,17H2,1-5H3. The largest absolute Gasteiger partial charge is 0.465 e. The van der Waals surface area contributed by atoms with Gasteiger partial charge in [0.25, 0.3) is 0 Å². The van der Waals surface area contributed by atoms with E-state index in [0.29, 0.717) is 19.1 Å². The van der Waals surface area contributed by atoms with Crippen molar-refractivity contribution in [2.24, 2.45) is 5.73 Å². The van der Waals surface area contributed by atoms with Crippen LogP contribution in [0.15, 0.2) is 0 Å². The number of nitrogens with two attached hydrogens (primary N) is 1. The number of ether oxygens (including phenoxy) is 1. The molecule has 0 radical (unpaired) electrons. The number of carbonyl (C=O) groups is 1. The van der Waals surface area contributed by atoms with Crippen molar-refractivity contribution in [1.82, 2.24) is 4.90 Å². The Labute approximate surface area is 125 Å². The normalized spacial score (nSPS) is 15.9. The summed E-state index contributed by atoms with van der Waals surface area (Å²) in [6, 6.07) is 0.299. The molecule has 0 rings (SSSR count). The van der Waals surface area contributed by atoms with Gasteiger partial charge in [-0.05, 0) is 53.1 Å². The van der Waals surface area contributed by atoms with E-state index in [2.05, 4.69) is 25.7 Å². The summed E-state index contributed by atoms with van der Waals surface area (Å²) < 4.78 is 5.07. The van der Waals surface area contributed by atoms with Crippen molar-refractivity contribution in [3.8, 4) is 0 Å². The average molecular weight is 286 g/mol. The van der Waals surface area contributed by atoms with Crippen molar-refractivity contribution in [1.29, 1.82) is 0 Å². The maximum absolute atomic E-state index is 11.9. The van der Waals surface area contributed by atoms with Crippen molar-refractivity contribution in [3.05, 3.63) is 0 Å². The lowest BCUT2D eigenvalue weighted by atomic mass is 9.94.